The Morgan fingerprint density at radius 2 is 2.08 bits per heavy atom. The number of benzene rings is 1. The molecule has 1 aromatic carbocycles. The van der Waals surface area contributed by atoms with Crippen molar-refractivity contribution in [3.8, 4) is 0 Å². The summed E-state index contributed by atoms with van der Waals surface area (Å²) >= 11 is 7.68. The second-order valence-electron chi connectivity index (χ2n) is 6.29. The Morgan fingerprint density at radius 1 is 1.24 bits per heavy atom. The summed E-state index contributed by atoms with van der Waals surface area (Å²) in [6.07, 6.45) is 10.8. The Labute approximate surface area is 160 Å². The molecule has 2 nitrogen and oxygen atoms in total. The highest BCUT2D eigenvalue weighted by molar-refractivity contribution is 7.99. The van der Waals surface area contributed by atoms with Gasteiger partial charge in [-0.05, 0) is 43.0 Å². The van der Waals surface area contributed by atoms with Crippen molar-refractivity contribution in [3.05, 3.63) is 72.1 Å². The third kappa shape index (κ3) is 3.96. The van der Waals surface area contributed by atoms with E-state index in [0.717, 1.165) is 23.6 Å². The van der Waals surface area contributed by atoms with E-state index in [1.54, 1.807) is 0 Å². The van der Waals surface area contributed by atoms with Crippen molar-refractivity contribution in [3.63, 3.8) is 0 Å². The van der Waals surface area contributed by atoms with Crippen molar-refractivity contribution in [1.29, 1.82) is 0 Å². The quantitative estimate of drug-likeness (QED) is 0.448. The fourth-order valence-corrected chi connectivity index (χ4v) is 4.84. The van der Waals surface area contributed by atoms with Gasteiger partial charge in [0, 0.05) is 30.1 Å². The Morgan fingerprint density at radius 3 is 2.80 bits per heavy atom. The minimum absolute atomic E-state index is 0.201. The van der Waals surface area contributed by atoms with Crippen LogP contribution in [0.25, 0.3) is 0 Å². The number of nitrogens with one attached hydrogen (secondary N) is 1. The molecule has 4 heteroatoms. The average molecular weight is 369 g/mol. The number of thioether (sulfide) groups is 1. The fraction of sp³-hybridized carbons (Fsp3) is 0.333. The Kier molecular flexibility index (Phi) is 6.27. The van der Waals surface area contributed by atoms with Gasteiger partial charge in [0.1, 0.15) is 0 Å². The molecule has 1 saturated carbocycles. The molecule has 0 amide bonds. The standard InChI is InChI=1S/C21H24N2S2/c1-22-20(24)21(18-9-7-14-23-16-18)13-6-5-8-17(21)12-15-25-19-10-3-2-4-11-19/h2-4,7,9-12,14,16H,5-6,8,13,15H2,1H3,(H,22,24)/b17-12+. The number of aromatic nitrogens is 1. The highest BCUT2D eigenvalue weighted by Crippen LogP contribution is 2.44. The maximum atomic E-state index is 5.80. The summed E-state index contributed by atoms with van der Waals surface area (Å²) in [5.74, 6) is 0.966. The smallest absolute Gasteiger partial charge is 0.0900 e. The second kappa shape index (κ2) is 8.63. The first-order valence-corrected chi connectivity index (χ1v) is 10.2. The molecular weight excluding hydrogens is 344 g/mol. The van der Waals surface area contributed by atoms with Crippen LogP contribution >= 0.6 is 24.0 Å². The van der Waals surface area contributed by atoms with Crippen molar-refractivity contribution in [2.24, 2.45) is 0 Å². The van der Waals surface area contributed by atoms with Crippen LogP contribution in [0.1, 0.15) is 31.2 Å². The Balaban J connectivity index is 1.91. The first-order chi connectivity index (χ1) is 12.3. The molecule has 25 heavy (non-hydrogen) atoms. The van der Waals surface area contributed by atoms with E-state index in [-0.39, 0.29) is 5.41 Å². The van der Waals surface area contributed by atoms with Crippen molar-refractivity contribution in [1.82, 2.24) is 10.3 Å². The lowest BCUT2D eigenvalue weighted by atomic mass is 9.66. The molecule has 1 fully saturated rings. The van der Waals surface area contributed by atoms with Crippen LogP contribution in [-0.2, 0) is 5.41 Å². The number of rotatable bonds is 5. The molecule has 1 atom stereocenters. The number of pyridine rings is 1. The van der Waals surface area contributed by atoms with Gasteiger partial charge in [0.25, 0.3) is 0 Å². The summed E-state index contributed by atoms with van der Waals surface area (Å²) in [4.78, 5) is 6.58. The third-order valence-corrected chi connectivity index (χ3v) is 6.38. The largest absolute Gasteiger partial charge is 0.382 e. The molecule has 1 aromatic heterocycles. The van der Waals surface area contributed by atoms with Gasteiger partial charge in [-0.25, -0.2) is 0 Å². The first-order valence-electron chi connectivity index (χ1n) is 8.77. The summed E-state index contributed by atoms with van der Waals surface area (Å²) < 4.78 is 0. The first kappa shape index (κ1) is 18.2. The fourth-order valence-electron chi connectivity index (χ4n) is 3.66. The predicted molar refractivity (Wildman–Crippen MR) is 111 cm³/mol. The van der Waals surface area contributed by atoms with Crippen LogP contribution in [0.4, 0.5) is 0 Å². The lowest BCUT2D eigenvalue weighted by Gasteiger charge is -2.40. The SMILES string of the molecule is CNC(=S)C1(c2cccnc2)CCCC/C1=C\CSc1ccccc1. The summed E-state index contributed by atoms with van der Waals surface area (Å²) in [6.45, 7) is 0. The molecular formula is C21H24N2S2. The molecule has 0 bridgehead atoms. The molecule has 130 valence electrons. The molecule has 1 N–H and O–H groups in total. The summed E-state index contributed by atoms with van der Waals surface area (Å²) in [7, 11) is 1.94. The van der Waals surface area contributed by atoms with Crippen molar-refractivity contribution in [2.75, 3.05) is 12.8 Å². The highest BCUT2D eigenvalue weighted by atomic mass is 32.2. The van der Waals surface area contributed by atoms with Crippen LogP contribution in [0.5, 0.6) is 0 Å². The molecule has 1 unspecified atom stereocenters. The average Bonchev–Trinajstić information content (AvgIpc) is 2.69. The number of thiocarbonyl (C=S) groups is 1. The highest BCUT2D eigenvalue weighted by Gasteiger charge is 2.41. The van der Waals surface area contributed by atoms with Crippen molar-refractivity contribution in [2.45, 2.75) is 36.0 Å². The monoisotopic (exact) mass is 368 g/mol. The molecule has 0 aliphatic heterocycles. The van der Waals surface area contributed by atoms with Crippen LogP contribution in [0.3, 0.4) is 0 Å². The van der Waals surface area contributed by atoms with Crippen LogP contribution in [0.2, 0.25) is 0 Å². The van der Waals surface area contributed by atoms with Gasteiger partial charge in [-0.15, -0.1) is 11.8 Å². The van der Waals surface area contributed by atoms with E-state index in [4.69, 9.17) is 12.2 Å². The number of likely N-dealkylation sites (N-methyl/N-ethyl adjacent to an activating group) is 1. The summed E-state index contributed by atoms with van der Waals surface area (Å²) in [6, 6.07) is 14.7. The van der Waals surface area contributed by atoms with Crippen molar-refractivity contribution >= 4 is 29.0 Å². The second-order valence-corrected chi connectivity index (χ2v) is 7.79. The maximum absolute atomic E-state index is 5.80. The van der Waals surface area contributed by atoms with Crippen LogP contribution in [0.15, 0.2) is 71.4 Å². The third-order valence-electron chi connectivity index (χ3n) is 4.89. The van der Waals surface area contributed by atoms with Crippen molar-refractivity contribution < 1.29 is 0 Å². The normalized spacial score (nSPS) is 21.9. The minimum Gasteiger partial charge on any atom is -0.382 e. The molecule has 0 spiro atoms. The summed E-state index contributed by atoms with van der Waals surface area (Å²) in [5.41, 5.74) is 2.45. The van der Waals surface area contributed by atoms with Gasteiger partial charge >= 0.3 is 0 Å². The Bertz CT molecular complexity index is 728. The molecule has 1 aliphatic rings. The lowest BCUT2D eigenvalue weighted by molar-refractivity contribution is 0.473. The molecule has 3 rings (SSSR count). The van der Waals surface area contributed by atoms with Gasteiger partial charge in [0.15, 0.2) is 0 Å². The number of hydrogen-bond acceptors (Lipinski definition) is 3. The van der Waals surface area contributed by atoms with Gasteiger partial charge in [-0.3, -0.25) is 4.98 Å². The van der Waals surface area contributed by atoms with E-state index in [1.165, 1.54) is 28.9 Å². The lowest BCUT2D eigenvalue weighted by Crippen LogP contribution is -2.45. The zero-order chi connectivity index (χ0) is 17.5. The van der Waals surface area contributed by atoms with E-state index in [1.807, 2.05) is 37.3 Å². The molecule has 1 aliphatic carbocycles. The van der Waals surface area contributed by atoms with Gasteiger partial charge in [-0.2, -0.15) is 0 Å². The summed E-state index contributed by atoms with van der Waals surface area (Å²) in [5, 5.41) is 3.27. The zero-order valence-corrected chi connectivity index (χ0v) is 16.2. The molecule has 1 heterocycles. The predicted octanol–water partition coefficient (Wildman–Crippen LogP) is 5.16. The van der Waals surface area contributed by atoms with E-state index in [2.05, 4.69) is 52.8 Å². The zero-order valence-electron chi connectivity index (χ0n) is 14.6. The topological polar surface area (TPSA) is 24.9 Å². The molecule has 0 saturated heterocycles. The Hall–Kier alpha value is -1.65. The minimum atomic E-state index is -0.201. The van der Waals surface area contributed by atoms with E-state index < -0.39 is 0 Å². The van der Waals surface area contributed by atoms with Crippen LogP contribution in [0, 0.1) is 0 Å². The van der Waals surface area contributed by atoms with E-state index in [0.29, 0.717) is 0 Å². The maximum Gasteiger partial charge on any atom is 0.0900 e. The number of nitrogens with zero attached hydrogens (tertiary/aromatic N) is 1. The molecule has 0 radical (unpaired) electrons. The van der Waals surface area contributed by atoms with Gasteiger partial charge < -0.3 is 5.32 Å². The molecule has 2 aromatic rings. The van der Waals surface area contributed by atoms with Crippen LogP contribution in [-0.4, -0.2) is 22.8 Å². The van der Waals surface area contributed by atoms with Gasteiger partial charge in [-0.1, -0.05) is 54.6 Å². The number of hydrogen-bond donors (Lipinski definition) is 1. The van der Waals surface area contributed by atoms with Gasteiger partial charge in [0.2, 0.25) is 0 Å². The van der Waals surface area contributed by atoms with Gasteiger partial charge in [0.05, 0.1) is 10.4 Å². The van der Waals surface area contributed by atoms with E-state index >= 15 is 0 Å². The van der Waals surface area contributed by atoms with Crippen LogP contribution < -0.4 is 5.32 Å². The van der Waals surface area contributed by atoms with E-state index in [9.17, 15) is 0 Å².